The highest BCUT2D eigenvalue weighted by Crippen LogP contribution is 2.12. The van der Waals surface area contributed by atoms with Gasteiger partial charge in [-0.3, -0.25) is 4.21 Å². The van der Waals surface area contributed by atoms with Crippen LogP contribution in [0.25, 0.3) is 0 Å². The summed E-state index contributed by atoms with van der Waals surface area (Å²) in [5.74, 6) is 0.770. The largest absolute Gasteiger partial charge is 0.392 e. The second-order valence-electron chi connectivity index (χ2n) is 4.61. The third-order valence-corrected chi connectivity index (χ3v) is 3.86. The first-order valence-electron chi connectivity index (χ1n) is 5.62. The number of aliphatic hydroxyl groups is 1. The number of rotatable bonds is 5. The van der Waals surface area contributed by atoms with E-state index < -0.39 is 16.9 Å². The van der Waals surface area contributed by atoms with E-state index in [2.05, 4.69) is 13.8 Å². The van der Waals surface area contributed by atoms with Crippen LogP contribution in [0.3, 0.4) is 0 Å². The van der Waals surface area contributed by atoms with E-state index in [1.165, 1.54) is 0 Å². The lowest BCUT2D eigenvalue weighted by molar-refractivity contribution is 0.171. The molecule has 0 aromatic heterocycles. The molecule has 0 heterocycles. The molecule has 90 valence electrons. The van der Waals surface area contributed by atoms with Gasteiger partial charge in [-0.25, -0.2) is 0 Å². The Morgan fingerprint density at radius 2 is 1.81 bits per heavy atom. The summed E-state index contributed by atoms with van der Waals surface area (Å²) in [6.45, 7) is 6.11. The Morgan fingerprint density at radius 3 is 2.31 bits per heavy atom. The SMILES string of the molecule is Cc1ccc(S(=O)C[C@@H](O)CC(C)C)cc1. The number of benzene rings is 1. The molecule has 1 aromatic carbocycles. The highest BCUT2D eigenvalue weighted by molar-refractivity contribution is 7.85. The molecule has 0 bridgehead atoms. The monoisotopic (exact) mass is 240 g/mol. The fraction of sp³-hybridized carbons (Fsp3) is 0.538. The van der Waals surface area contributed by atoms with Crippen molar-refractivity contribution >= 4 is 10.8 Å². The minimum absolute atomic E-state index is 0.335. The lowest BCUT2D eigenvalue weighted by Crippen LogP contribution is -2.18. The normalized spacial score (nSPS) is 15.1. The molecule has 0 saturated carbocycles. The summed E-state index contributed by atoms with van der Waals surface area (Å²) in [7, 11) is -1.09. The Morgan fingerprint density at radius 1 is 1.25 bits per heavy atom. The first kappa shape index (κ1) is 13.4. The molecule has 1 N–H and O–H groups in total. The summed E-state index contributed by atoms with van der Waals surface area (Å²) in [4.78, 5) is 0.799. The number of hydrogen-bond donors (Lipinski definition) is 1. The van der Waals surface area contributed by atoms with E-state index >= 15 is 0 Å². The highest BCUT2D eigenvalue weighted by Gasteiger charge is 2.12. The van der Waals surface area contributed by atoms with Crippen molar-refractivity contribution < 1.29 is 9.32 Å². The van der Waals surface area contributed by atoms with Crippen molar-refractivity contribution in [3.05, 3.63) is 29.8 Å². The van der Waals surface area contributed by atoms with Gasteiger partial charge >= 0.3 is 0 Å². The van der Waals surface area contributed by atoms with Crippen LogP contribution in [0, 0.1) is 12.8 Å². The topological polar surface area (TPSA) is 37.3 Å². The van der Waals surface area contributed by atoms with Crippen molar-refractivity contribution in [1.29, 1.82) is 0 Å². The van der Waals surface area contributed by atoms with Crippen LogP contribution < -0.4 is 0 Å². The zero-order chi connectivity index (χ0) is 12.1. The highest BCUT2D eigenvalue weighted by atomic mass is 32.2. The van der Waals surface area contributed by atoms with Crippen molar-refractivity contribution in [2.75, 3.05) is 5.75 Å². The number of aryl methyl sites for hydroxylation is 1. The quantitative estimate of drug-likeness (QED) is 0.858. The van der Waals surface area contributed by atoms with Gasteiger partial charge in [0.25, 0.3) is 0 Å². The van der Waals surface area contributed by atoms with Gasteiger partial charge in [-0.1, -0.05) is 31.5 Å². The van der Waals surface area contributed by atoms with Gasteiger partial charge in [0.15, 0.2) is 0 Å². The molecule has 0 saturated heterocycles. The summed E-state index contributed by atoms with van der Waals surface area (Å²) in [6.07, 6.45) is 0.236. The fourth-order valence-corrected chi connectivity index (χ4v) is 2.69. The van der Waals surface area contributed by atoms with Crippen LogP contribution in [0.5, 0.6) is 0 Å². The van der Waals surface area contributed by atoms with Gasteiger partial charge in [-0.15, -0.1) is 0 Å². The van der Waals surface area contributed by atoms with Crippen LogP contribution in [0.2, 0.25) is 0 Å². The van der Waals surface area contributed by atoms with Gasteiger partial charge in [0.1, 0.15) is 0 Å². The predicted octanol–water partition coefficient (Wildman–Crippen LogP) is 2.51. The van der Waals surface area contributed by atoms with Crippen molar-refractivity contribution in [3.63, 3.8) is 0 Å². The second kappa shape index (κ2) is 6.16. The molecule has 0 radical (unpaired) electrons. The smallest absolute Gasteiger partial charge is 0.0661 e. The lowest BCUT2D eigenvalue weighted by Gasteiger charge is -2.12. The van der Waals surface area contributed by atoms with Crippen molar-refractivity contribution in [3.8, 4) is 0 Å². The molecule has 2 nitrogen and oxygen atoms in total. The fourth-order valence-electron chi connectivity index (χ4n) is 1.57. The van der Waals surface area contributed by atoms with Crippen LogP contribution in [-0.4, -0.2) is 21.2 Å². The van der Waals surface area contributed by atoms with Crippen LogP contribution >= 0.6 is 0 Å². The molecule has 0 fully saturated rings. The molecular weight excluding hydrogens is 220 g/mol. The molecule has 0 spiro atoms. The van der Waals surface area contributed by atoms with E-state index in [0.29, 0.717) is 18.1 Å². The molecule has 2 atom stereocenters. The van der Waals surface area contributed by atoms with Gasteiger partial charge < -0.3 is 5.11 Å². The molecule has 0 amide bonds. The lowest BCUT2D eigenvalue weighted by atomic mass is 10.1. The van der Waals surface area contributed by atoms with Crippen molar-refractivity contribution in [1.82, 2.24) is 0 Å². The van der Waals surface area contributed by atoms with Gasteiger partial charge in [0.05, 0.1) is 22.7 Å². The molecular formula is C13H20O2S. The first-order valence-corrected chi connectivity index (χ1v) is 6.94. The molecule has 0 aliphatic heterocycles. The summed E-state index contributed by atoms with van der Waals surface area (Å²) in [5, 5.41) is 9.71. The van der Waals surface area contributed by atoms with E-state index in [1.54, 1.807) is 0 Å². The summed E-state index contributed by atoms with van der Waals surface area (Å²) < 4.78 is 11.9. The Labute approximate surface area is 100 Å². The molecule has 16 heavy (non-hydrogen) atoms. The van der Waals surface area contributed by atoms with E-state index in [0.717, 1.165) is 10.5 Å². The maximum Gasteiger partial charge on any atom is 0.0661 e. The average Bonchev–Trinajstić information content (AvgIpc) is 2.16. The van der Waals surface area contributed by atoms with Crippen LogP contribution in [0.15, 0.2) is 29.2 Å². The van der Waals surface area contributed by atoms with Gasteiger partial charge in [-0.05, 0) is 31.4 Å². The molecule has 1 rings (SSSR count). The summed E-state index contributed by atoms with van der Waals surface area (Å²) in [5.41, 5.74) is 1.16. The van der Waals surface area contributed by atoms with E-state index in [-0.39, 0.29) is 0 Å². The maximum atomic E-state index is 11.9. The van der Waals surface area contributed by atoms with E-state index in [1.807, 2.05) is 31.2 Å². The van der Waals surface area contributed by atoms with E-state index in [9.17, 15) is 9.32 Å². The summed E-state index contributed by atoms with van der Waals surface area (Å²) in [6, 6.07) is 7.63. The molecule has 3 heteroatoms. The van der Waals surface area contributed by atoms with E-state index in [4.69, 9.17) is 0 Å². The number of aliphatic hydroxyl groups excluding tert-OH is 1. The molecule has 1 unspecified atom stereocenters. The summed E-state index contributed by atoms with van der Waals surface area (Å²) >= 11 is 0. The molecule has 0 aliphatic rings. The third kappa shape index (κ3) is 4.45. The van der Waals surface area contributed by atoms with Gasteiger partial charge in [0, 0.05) is 4.90 Å². The van der Waals surface area contributed by atoms with Crippen molar-refractivity contribution in [2.45, 2.75) is 38.2 Å². The first-order chi connectivity index (χ1) is 7.49. The Bertz CT molecular complexity index is 343. The van der Waals surface area contributed by atoms with Crippen LogP contribution in [0.4, 0.5) is 0 Å². The Balaban J connectivity index is 2.55. The minimum Gasteiger partial charge on any atom is -0.392 e. The van der Waals surface area contributed by atoms with Crippen molar-refractivity contribution in [2.24, 2.45) is 5.92 Å². The Hall–Kier alpha value is -0.670. The predicted molar refractivity (Wildman–Crippen MR) is 67.9 cm³/mol. The van der Waals surface area contributed by atoms with Gasteiger partial charge in [0.2, 0.25) is 0 Å². The number of hydrogen-bond acceptors (Lipinski definition) is 2. The maximum absolute atomic E-state index is 11.9. The Kier molecular flexibility index (Phi) is 5.16. The second-order valence-corrected chi connectivity index (χ2v) is 6.10. The van der Waals surface area contributed by atoms with Crippen LogP contribution in [0.1, 0.15) is 25.8 Å². The van der Waals surface area contributed by atoms with Gasteiger partial charge in [-0.2, -0.15) is 0 Å². The molecule has 0 aliphatic carbocycles. The standard InChI is InChI=1S/C13H20O2S/c1-10(2)8-12(14)9-16(15)13-6-4-11(3)5-7-13/h4-7,10,12,14H,8-9H2,1-3H3/t12-,16?/m0/s1. The average molecular weight is 240 g/mol. The zero-order valence-electron chi connectivity index (χ0n) is 10.1. The van der Waals surface area contributed by atoms with Crippen LogP contribution in [-0.2, 0) is 10.8 Å². The zero-order valence-corrected chi connectivity index (χ0v) is 11.0. The third-order valence-electron chi connectivity index (χ3n) is 2.37. The minimum atomic E-state index is -1.09. The molecule has 1 aromatic rings.